The molecule has 6 nitrogen and oxygen atoms in total. The first kappa shape index (κ1) is 18.4. The van der Waals surface area contributed by atoms with Gasteiger partial charge in [0.25, 0.3) is 5.56 Å². The molecule has 0 aliphatic rings. The SMILES string of the molecule is Cc1nn2c(=O)cc(N(C)c3ccc(C#N)cc3)[nH]c2c1-c1ccc(F)cc1F. The van der Waals surface area contributed by atoms with E-state index in [0.717, 1.165) is 22.3 Å². The summed E-state index contributed by atoms with van der Waals surface area (Å²) in [6.07, 6.45) is 0. The predicted octanol–water partition coefficient (Wildman–Crippen LogP) is 3.92. The first-order valence-corrected chi connectivity index (χ1v) is 8.71. The van der Waals surface area contributed by atoms with Crippen molar-refractivity contribution in [3.63, 3.8) is 0 Å². The fourth-order valence-electron chi connectivity index (χ4n) is 3.23. The van der Waals surface area contributed by atoms with E-state index >= 15 is 0 Å². The first-order valence-electron chi connectivity index (χ1n) is 8.71. The second-order valence-corrected chi connectivity index (χ2v) is 6.56. The van der Waals surface area contributed by atoms with Crippen LogP contribution in [0.25, 0.3) is 16.8 Å². The molecule has 0 fully saturated rings. The summed E-state index contributed by atoms with van der Waals surface area (Å²) in [5, 5.41) is 13.2. The van der Waals surface area contributed by atoms with Gasteiger partial charge in [0, 0.05) is 30.4 Å². The van der Waals surface area contributed by atoms with E-state index in [-0.39, 0.29) is 5.56 Å². The van der Waals surface area contributed by atoms with Crippen molar-refractivity contribution in [2.75, 3.05) is 11.9 Å². The lowest BCUT2D eigenvalue weighted by atomic mass is 10.1. The Bertz CT molecular complexity index is 1330. The van der Waals surface area contributed by atoms with Crippen molar-refractivity contribution >= 4 is 17.2 Å². The van der Waals surface area contributed by atoms with Crippen LogP contribution in [0.15, 0.2) is 53.3 Å². The van der Waals surface area contributed by atoms with Crippen LogP contribution in [0.5, 0.6) is 0 Å². The molecule has 2 heterocycles. The van der Waals surface area contributed by atoms with Gasteiger partial charge in [-0.2, -0.15) is 14.9 Å². The summed E-state index contributed by atoms with van der Waals surface area (Å²) in [4.78, 5) is 17.5. The van der Waals surface area contributed by atoms with Crippen LogP contribution >= 0.6 is 0 Å². The van der Waals surface area contributed by atoms with Gasteiger partial charge in [0.05, 0.1) is 22.9 Å². The zero-order chi connectivity index (χ0) is 20.7. The Morgan fingerprint density at radius 1 is 1.14 bits per heavy atom. The van der Waals surface area contributed by atoms with E-state index in [9.17, 15) is 13.6 Å². The van der Waals surface area contributed by atoms with Crippen LogP contribution in [0, 0.1) is 29.9 Å². The molecule has 4 aromatic rings. The number of halogens is 2. The predicted molar refractivity (Wildman–Crippen MR) is 105 cm³/mol. The number of aryl methyl sites for hydroxylation is 1. The molecule has 0 saturated carbocycles. The second-order valence-electron chi connectivity index (χ2n) is 6.56. The van der Waals surface area contributed by atoms with E-state index < -0.39 is 17.2 Å². The van der Waals surface area contributed by atoms with Gasteiger partial charge in [-0.25, -0.2) is 8.78 Å². The molecule has 0 bridgehead atoms. The Balaban J connectivity index is 1.90. The van der Waals surface area contributed by atoms with Gasteiger partial charge in [-0.3, -0.25) is 4.79 Å². The maximum Gasteiger partial charge on any atom is 0.276 e. The van der Waals surface area contributed by atoms with Crippen LogP contribution in [-0.2, 0) is 0 Å². The van der Waals surface area contributed by atoms with Crippen LogP contribution < -0.4 is 10.5 Å². The lowest BCUT2D eigenvalue weighted by Crippen LogP contribution is -2.19. The number of H-pyrrole nitrogens is 1. The molecule has 2 aromatic carbocycles. The molecule has 0 saturated heterocycles. The Morgan fingerprint density at radius 2 is 1.86 bits per heavy atom. The molecule has 0 radical (unpaired) electrons. The van der Waals surface area contributed by atoms with E-state index in [0.29, 0.717) is 28.3 Å². The number of fused-ring (bicyclic) bond motifs is 1. The Morgan fingerprint density at radius 3 is 2.52 bits per heavy atom. The summed E-state index contributed by atoms with van der Waals surface area (Å²) >= 11 is 0. The van der Waals surface area contributed by atoms with Crippen molar-refractivity contribution in [3.8, 4) is 17.2 Å². The van der Waals surface area contributed by atoms with Gasteiger partial charge < -0.3 is 9.88 Å². The van der Waals surface area contributed by atoms with Crippen molar-refractivity contribution in [2.45, 2.75) is 6.92 Å². The number of aromatic amines is 1. The number of anilines is 2. The number of nitriles is 1. The molecule has 0 atom stereocenters. The lowest BCUT2D eigenvalue weighted by molar-refractivity contribution is 0.585. The summed E-state index contributed by atoms with van der Waals surface area (Å²) < 4.78 is 28.9. The summed E-state index contributed by atoms with van der Waals surface area (Å²) in [7, 11) is 1.75. The molecule has 0 amide bonds. The first-order chi connectivity index (χ1) is 13.9. The average molecular weight is 391 g/mol. The highest BCUT2D eigenvalue weighted by Gasteiger charge is 2.19. The number of hydrogen-bond acceptors (Lipinski definition) is 4. The Hall–Kier alpha value is -3.99. The number of nitrogens with zero attached hydrogens (tertiary/aromatic N) is 4. The molecule has 0 aliphatic heterocycles. The molecule has 0 aliphatic carbocycles. The van der Waals surface area contributed by atoms with E-state index in [4.69, 9.17) is 5.26 Å². The third-order valence-electron chi connectivity index (χ3n) is 4.72. The fourth-order valence-corrected chi connectivity index (χ4v) is 3.23. The van der Waals surface area contributed by atoms with E-state index in [1.54, 1.807) is 43.1 Å². The highest BCUT2D eigenvalue weighted by molar-refractivity contribution is 5.81. The molecule has 1 N–H and O–H groups in total. The van der Waals surface area contributed by atoms with Crippen molar-refractivity contribution in [2.24, 2.45) is 0 Å². The number of benzene rings is 2. The van der Waals surface area contributed by atoms with Gasteiger partial charge in [-0.1, -0.05) is 0 Å². The smallest absolute Gasteiger partial charge is 0.276 e. The zero-order valence-corrected chi connectivity index (χ0v) is 15.6. The minimum Gasteiger partial charge on any atom is -0.331 e. The molecule has 4 rings (SSSR count). The average Bonchev–Trinajstić information content (AvgIpc) is 3.04. The van der Waals surface area contributed by atoms with Gasteiger partial charge in [0.2, 0.25) is 0 Å². The van der Waals surface area contributed by atoms with Gasteiger partial charge in [0.15, 0.2) is 0 Å². The maximum atomic E-state index is 14.4. The molecular formula is C21H15F2N5O. The normalized spacial score (nSPS) is 10.9. The van der Waals surface area contributed by atoms with Crippen molar-refractivity contribution in [1.82, 2.24) is 14.6 Å². The van der Waals surface area contributed by atoms with Crippen LogP contribution in [0.1, 0.15) is 11.3 Å². The van der Waals surface area contributed by atoms with Crippen molar-refractivity contribution in [3.05, 3.63) is 81.8 Å². The number of hydrogen-bond donors (Lipinski definition) is 1. The molecule has 0 unspecified atom stereocenters. The van der Waals surface area contributed by atoms with Gasteiger partial charge >= 0.3 is 0 Å². The summed E-state index contributed by atoms with van der Waals surface area (Å²) in [5.74, 6) is -0.972. The number of nitrogens with one attached hydrogen (secondary N) is 1. The van der Waals surface area contributed by atoms with Crippen molar-refractivity contribution < 1.29 is 8.78 Å². The van der Waals surface area contributed by atoms with E-state index in [1.807, 2.05) is 0 Å². The molecule has 144 valence electrons. The van der Waals surface area contributed by atoms with E-state index in [1.165, 1.54) is 12.1 Å². The topological polar surface area (TPSA) is 77.2 Å². The van der Waals surface area contributed by atoms with Crippen LogP contribution in [0.2, 0.25) is 0 Å². The third-order valence-corrected chi connectivity index (χ3v) is 4.72. The molecule has 0 spiro atoms. The second kappa shape index (κ2) is 6.87. The molecule has 29 heavy (non-hydrogen) atoms. The lowest BCUT2D eigenvalue weighted by Gasteiger charge is -2.19. The number of rotatable bonds is 3. The van der Waals surface area contributed by atoms with Gasteiger partial charge in [-0.05, 0) is 43.3 Å². The minimum absolute atomic E-state index is 0.146. The zero-order valence-electron chi connectivity index (χ0n) is 15.6. The molecule has 2 aromatic heterocycles. The fraction of sp³-hybridized carbons (Fsp3) is 0.0952. The van der Waals surface area contributed by atoms with Gasteiger partial charge in [0.1, 0.15) is 23.1 Å². The molecular weight excluding hydrogens is 376 g/mol. The summed E-state index contributed by atoms with van der Waals surface area (Å²) in [6.45, 7) is 1.66. The third kappa shape index (κ3) is 3.12. The maximum absolute atomic E-state index is 14.4. The largest absolute Gasteiger partial charge is 0.331 e. The standard InChI is InChI=1S/C21H15F2N5O/c1-12-20(16-8-5-14(22)9-17(16)23)21-25-18(10-19(29)28(21)26-12)27(2)15-6-3-13(11-24)4-7-15/h3-10,25H,1-2H3. The summed E-state index contributed by atoms with van der Waals surface area (Å²) in [5.41, 5.74) is 2.13. The van der Waals surface area contributed by atoms with Crippen LogP contribution in [-0.4, -0.2) is 21.6 Å². The Kier molecular flexibility index (Phi) is 4.35. The van der Waals surface area contributed by atoms with E-state index in [2.05, 4.69) is 16.2 Å². The quantitative estimate of drug-likeness (QED) is 0.574. The number of aromatic nitrogens is 3. The minimum atomic E-state index is -0.741. The Labute approximate surface area is 164 Å². The summed E-state index contributed by atoms with van der Waals surface area (Å²) in [6, 6.07) is 13.6. The highest BCUT2D eigenvalue weighted by atomic mass is 19.1. The monoisotopic (exact) mass is 391 g/mol. The van der Waals surface area contributed by atoms with Crippen molar-refractivity contribution in [1.29, 1.82) is 5.26 Å². The van der Waals surface area contributed by atoms with Crippen LogP contribution in [0.3, 0.4) is 0 Å². The molecule has 8 heteroatoms. The van der Waals surface area contributed by atoms with Crippen LogP contribution in [0.4, 0.5) is 20.3 Å². The highest BCUT2D eigenvalue weighted by Crippen LogP contribution is 2.31. The van der Waals surface area contributed by atoms with Gasteiger partial charge in [-0.15, -0.1) is 0 Å².